The van der Waals surface area contributed by atoms with Crippen molar-refractivity contribution in [3.8, 4) is 0 Å². The summed E-state index contributed by atoms with van der Waals surface area (Å²) in [6, 6.07) is 8.27. The van der Waals surface area contributed by atoms with Crippen LogP contribution in [0, 0.1) is 5.92 Å². The van der Waals surface area contributed by atoms with Crippen LogP contribution in [0.2, 0.25) is 0 Å². The van der Waals surface area contributed by atoms with E-state index in [0.717, 1.165) is 19.3 Å². The average Bonchev–Trinajstić information content (AvgIpc) is 2.71. The lowest BCUT2D eigenvalue weighted by atomic mass is 9.67. The molecule has 1 heterocycles. The highest BCUT2D eigenvalue weighted by atomic mass is 16.2. The first-order valence-electron chi connectivity index (χ1n) is 10.0. The van der Waals surface area contributed by atoms with Gasteiger partial charge in [-0.1, -0.05) is 51.1 Å². The summed E-state index contributed by atoms with van der Waals surface area (Å²) in [7, 11) is 2.15. The minimum atomic E-state index is -0.630. The fourth-order valence-corrected chi connectivity index (χ4v) is 4.42. The molecule has 1 aliphatic heterocycles. The van der Waals surface area contributed by atoms with Crippen LogP contribution in [0.4, 0.5) is 0 Å². The number of carbonyl (C=O) groups is 2. The number of likely N-dealkylation sites (tertiary alicyclic amines) is 1. The SMILES string of the molecule is CCC1(C)CC(NC(=O)C(=[N+]=[N-])C(=O)c2ccccc2)C(C)C(C)(CC)N1C. The zero-order valence-corrected chi connectivity index (χ0v) is 17.8. The van der Waals surface area contributed by atoms with Crippen LogP contribution < -0.4 is 5.32 Å². The summed E-state index contributed by atoms with van der Waals surface area (Å²) in [6.45, 7) is 10.9. The number of benzene rings is 1. The molecule has 1 amide bonds. The Morgan fingerprint density at radius 2 is 1.82 bits per heavy atom. The smallest absolute Gasteiger partial charge is 0.360 e. The van der Waals surface area contributed by atoms with Gasteiger partial charge in [-0.15, -0.1) is 0 Å². The average molecular weight is 385 g/mol. The largest absolute Gasteiger partial charge is 0.426 e. The molecule has 152 valence electrons. The molecular formula is C22H32N4O2. The van der Waals surface area contributed by atoms with E-state index in [2.05, 4.69) is 56.7 Å². The quantitative estimate of drug-likeness (QED) is 0.268. The molecule has 0 spiro atoms. The standard InChI is InChI=1S/C22H32N4O2/c1-7-21(4)14-17(15(3)22(5,8-2)26(21)6)24-20(28)18(25-23)19(27)16-12-10-9-11-13-16/h9-13,15,17H,7-8,14H2,1-6H3,(H,24,28). The molecule has 1 fully saturated rings. The van der Waals surface area contributed by atoms with Crippen LogP contribution in [0.3, 0.4) is 0 Å². The van der Waals surface area contributed by atoms with Crippen molar-refractivity contribution in [3.63, 3.8) is 0 Å². The first-order chi connectivity index (χ1) is 13.1. The van der Waals surface area contributed by atoms with Crippen molar-refractivity contribution in [2.45, 2.75) is 71.0 Å². The van der Waals surface area contributed by atoms with Crippen LogP contribution in [-0.4, -0.2) is 51.3 Å². The van der Waals surface area contributed by atoms with E-state index in [1.165, 1.54) is 0 Å². The number of rotatable bonds is 6. The molecule has 1 N–H and O–H groups in total. The highest BCUT2D eigenvalue weighted by Crippen LogP contribution is 2.44. The molecule has 1 saturated heterocycles. The van der Waals surface area contributed by atoms with Crippen molar-refractivity contribution in [1.29, 1.82) is 0 Å². The molecule has 28 heavy (non-hydrogen) atoms. The Bertz CT molecular complexity index is 787. The topological polar surface area (TPSA) is 85.8 Å². The van der Waals surface area contributed by atoms with Gasteiger partial charge in [-0.25, -0.2) is 0 Å². The third kappa shape index (κ3) is 3.80. The number of nitrogens with zero attached hydrogens (tertiary/aromatic N) is 3. The molecule has 1 aromatic carbocycles. The van der Waals surface area contributed by atoms with Crippen molar-refractivity contribution in [2.24, 2.45) is 5.92 Å². The van der Waals surface area contributed by atoms with Crippen LogP contribution in [0.25, 0.3) is 5.53 Å². The summed E-state index contributed by atoms with van der Waals surface area (Å²) in [5.41, 5.74) is 9.03. The van der Waals surface area contributed by atoms with E-state index >= 15 is 0 Å². The molecule has 1 aliphatic rings. The number of ketones is 1. The molecular weight excluding hydrogens is 352 g/mol. The maximum Gasteiger partial charge on any atom is 0.426 e. The van der Waals surface area contributed by atoms with Crippen LogP contribution in [0.1, 0.15) is 64.2 Å². The molecule has 4 atom stereocenters. The third-order valence-corrected chi connectivity index (χ3v) is 7.18. The minimum absolute atomic E-state index is 0.0742. The van der Waals surface area contributed by atoms with Crippen molar-refractivity contribution in [1.82, 2.24) is 10.2 Å². The highest BCUT2D eigenvalue weighted by Gasteiger charge is 2.51. The van der Waals surface area contributed by atoms with E-state index in [4.69, 9.17) is 0 Å². The molecule has 4 unspecified atom stereocenters. The molecule has 6 nitrogen and oxygen atoms in total. The molecule has 0 aromatic heterocycles. The van der Waals surface area contributed by atoms with E-state index in [-0.39, 0.29) is 23.0 Å². The number of carbonyl (C=O) groups excluding carboxylic acids is 2. The number of nitrogens with one attached hydrogen (secondary N) is 1. The van der Waals surface area contributed by atoms with Gasteiger partial charge >= 0.3 is 11.6 Å². The van der Waals surface area contributed by atoms with Gasteiger partial charge in [0, 0.05) is 22.7 Å². The molecule has 0 radical (unpaired) electrons. The molecule has 0 bridgehead atoms. The lowest BCUT2D eigenvalue weighted by molar-refractivity contribution is -0.124. The van der Waals surface area contributed by atoms with Gasteiger partial charge in [0.05, 0.1) is 0 Å². The van der Waals surface area contributed by atoms with Gasteiger partial charge in [-0.05, 0) is 46.1 Å². The lowest BCUT2D eigenvalue weighted by Gasteiger charge is -2.59. The Morgan fingerprint density at radius 3 is 2.32 bits per heavy atom. The minimum Gasteiger partial charge on any atom is -0.360 e. The van der Waals surface area contributed by atoms with Gasteiger partial charge < -0.3 is 10.8 Å². The Labute approximate surface area is 167 Å². The first-order valence-corrected chi connectivity index (χ1v) is 10.0. The van der Waals surface area contributed by atoms with Gasteiger partial charge in [-0.3, -0.25) is 14.5 Å². The molecule has 6 heteroatoms. The second-order valence-corrected chi connectivity index (χ2v) is 8.34. The van der Waals surface area contributed by atoms with Crippen molar-refractivity contribution < 1.29 is 14.4 Å². The van der Waals surface area contributed by atoms with Gasteiger partial charge in [0.15, 0.2) is 0 Å². The molecule has 1 aromatic rings. The zero-order chi connectivity index (χ0) is 21.1. The second-order valence-electron chi connectivity index (χ2n) is 8.34. The van der Waals surface area contributed by atoms with Gasteiger partial charge in [0.25, 0.3) is 5.78 Å². The maximum absolute atomic E-state index is 12.8. The number of Topliss-reactive ketones (excluding diaryl/α,β-unsaturated/α-hetero) is 1. The number of hydrogen-bond donors (Lipinski definition) is 1. The Balaban J connectivity index is 2.28. The van der Waals surface area contributed by atoms with Gasteiger partial charge in [0.2, 0.25) is 0 Å². The molecule has 2 rings (SSSR count). The van der Waals surface area contributed by atoms with E-state index < -0.39 is 17.4 Å². The third-order valence-electron chi connectivity index (χ3n) is 7.18. The van der Waals surface area contributed by atoms with Crippen LogP contribution in [0.5, 0.6) is 0 Å². The summed E-state index contributed by atoms with van der Waals surface area (Å²) >= 11 is 0. The van der Waals surface area contributed by atoms with Crippen LogP contribution in [0.15, 0.2) is 30.3 Å². The van der Waals surface area contributed by atoms with Crippen molar-refractivity contribution in [2.75, 3.05) is 7.05 Å². The van der Waals surface area contributed by atoms with E-state index in [1.54, 1.807) is 30.3 Å². The number of hydrogen-bond acceptors (Lipinski definition) is 3. The predicted octanol–water partition coefficient (Wildman–Crippen LogP) is 3.33. The van der Waals surface area contributed by atoms with Gasteiger partial charge in [-0.2, -0.15) is 4.79 Å². The van der Waals surface area contributed by atoms with Crippen molar-refractivity contribution in [3.05, 3.63) is 41.4 Å². The highest BCUT2D eigenvalue weighted by molar-refractivity contribution is 6.66. The normalized spacial score (nSPS) is 30.4. The summed E-state index contributed by atoms with van der Waals surface area (Å²) in [5.74, 6) is -1.05. The summed E-state index contributed by atoms with van der Waals surface area (Å²) in [5, 5.41) is 2.99. The summed E-state index contributed by atoms with van der Waals surface area (Å²) < 4.78 is 0. The Morgan fingerprint density at radius 1 is 1.21 bits per heavy atom. The monoisotopic (exact) mass is 384 g/mol. The fraction of sp³-hybridized carbons (Fsp3) is 0.591. The summed E-state index contributed by atoms with van der Waals surface area (Å²) in [4.78, 5) is 30.9. The zero-order valence-electron chi connectivity index (χ0n) is 17.8. The van der Waals surface area contributed by atoms with Crippen molar-refractivity contribution >= 4 is 17.4 Å². The second kappa shape index (κ2) is 8.38. The summed E-state index contributed by atoms with van der Waals surface area (Å²) in [6.07, 6.45) is 2.65. The van der Waals surface area contributed by atoms with E-state index in [1.807, 2.05) is 0 Å². The Hall–Kier alpha value is -2.30. The van der Waals surface area contributed by atoms with E-state index in [9.17, 15) is 15.1 Å². The number of amides is 1. The fourth-order valence-electron chi connectivity index (χ4n) is 4.42. The van der Waals surface area contributed by atoms with Crippen LogP contribution in [-0.2, 0) is 4.79 Å². The Kier molecular flexibility index (Phi) is 6.58. The van der Waals surface area contributed by atoms with Crippen LogP contribution >= 0.6 is 0 Å². The number of piperidine rings is 1. The van der Waals surface area contributed by atoms with E-state index in [0.29, 0.717) is 5.56 Å². The molecule has 0 saturated carbocycles. The first kappa shape index (κ1) is 22.0. The maximum atomic E-state index is 12.8. The van der Waals surface area contributed by atoms with Gasteiger partial charge in [0.1, 0.15) is 0 Å². The predicted molar refractivity (Wildman–Crippen MR) is 110 cm³/mol. The molecule has 0 aliphatic carbocycles. The lowest BCUT2D eigenvalue weighted by Crippen LogP contribution is -2.69.